The van der Waals surface area contributed by atoms with Crippen molar-refractivity contribution in [1.29, 1.82) is 0 Å². The summed E-state index contributed by atoms with van der Waals surface area (Å²) in [6, 6.07) is 24.2. The highest BCUT2D eigenvalue weighted by molar-refractivity contribution is 6.08. The van der Waals surface area contributed by atoms with Crippen LogP contribution in [-0.4, -0.2) is 23.3 Å². The van der Waals surface area contributed by atoms with Crippen molar-refractivity contribution in [1.82, 2.24) is 9.99 Å². The Morgan fingerprint density at radius 1 is 0.931 bits per heavy atom. The van der Waals surface area contributed by atoms with Gasteiger partial charge < -0.3 is 9.30 Å². The molecule has 0 aliphatic carbocycles. The standard InChI is InChI=1S/C24H23N3O2/c1-17(18-11-13-19(29-2)14-12-18)25-26-24(28)15-16-27-22-9-5-3-7-20(22)21-8-4-6-10-23(21)27/h3-14H,15-16H2,1-2H3,(H,26,28)/b25-17-. The Kier molecular flexibility index (Phi) is 5.29. The smallest absolute Gasteiger partial charge is 0.241 e. The number of hydrogen-bond donors (Lipinski definition) is 1. The van der Waals surface area contributed by atoms with Crippen LogP contribution in [-0.2, 0) is 11.3 Å². The van der Waals surface area contributed by atoms with Crippen LogP contribution in [0, 0.1) is 0 Å². The fraction of sp³-hybridized carbons (Fsp3) is 0.167. The van der Waals surface area contributed by atoms with Crippen molar-refractivity contribution >= 4 is 33.4 Å². The van der Waals surface area contributed by atoms with Gasteiger partial charge in [-0.15, -0.1) is 0 Å². The Hall–Kier alpha value is -3.60. The van der Waals surface area contributed by atoms with Crippen molar-refractivity contribution in [3.8, 4) is 5.75 Å². The zero-order valence-electron chi connectivity index (χ0n) is 16.6. The largest absolute Gasteiger partial charge is 0.497 e. The lowest BCUT2D eigenvalue weighted by molar-refractivity contribution is -0.121. The summed E-state index contributed by atoms with van der Waals surface area (Å²) < 4.78 is 7.36. The predicted molar refractivity (Wildman–Crippen MR) is 117 cm³/mol. The van der Waals surface area contributed by atoms with Gasteiger partial charge in [-0.3, -0.25) is 4.79 Å². The third-order valence-electron chi connectivity index (χ3n) is 5.10. The summed E-state index contributed by atoms with van der Waals surface area (Å²) in [6.07, 6.45) is 0.349. The molecule has 0 aliphatic heterocycles. The quantitative estimate of drug-likeness (QED) is 0.385. The Morgan fingerprint density at radius 3 is 2.10 bits per heavy atom. The highest BCUT2D eigenvalue weighted by atomic mass is 16.5. The van der Waals surface area contributed by atoms with Crippen molar-refractivity contribution in [2.45, 2.75) is 19.9 Å². The topological polar surface area (TPSA) is 55.6 Å². The fourth-order valence-corrected chi connectivity index (χ4v) is 3.56. The number of nitrogens with one attached hydrogen (secondary N) is 1. The third-order valence-corrected chi connectivity index (χ3v) is 5.10. The average molecular weight is 385 g/mol. The average Bonchev–Trinajstić information content (AvgIpc) is 3.10. The zero-order chi connectivity index (χ0) is 20.2. The zero-order valence-corrected chi connectivity index (χ0v) is 16.6. The molecule has 5 heteroatoms. The van der Waals surface area contributed by atoms with Crippen LogP contribution < -0.4 is 10.2 Å². The van der Waals surface area contributed by atoms with Crippen LogP contribution in [0.1, 0.15) is 18.9 Å². The Bertz CT molecular complexity index is 1140. The van der Waals surface area contributed by atoms with Crippen LogP contribution in [0.4, 0.5) is 0 Å². The van der Waals surface area contributed by atoms with Crippen LogP contribution in [0.3, 0.4) is 0 Å². The lowest BCUT2D eigenvalue weighted by Crippen LogP contribution is -2.20. The van der Waals surface area contributed by atoms with E-state index in [0.717, 1.165) is 28.1 Å². The van der Waals surface area contributed by atoms with Crippen molar-refractivity contribution in [2.75, 3.05) is 7.11 Å². The molecule has 1 amide bonds. The minimum atomic E-state index is -0.111. The number of aromatic nitrogens is 1. The molecule has 0 saturated carbocycles. The van der Waals surface area contributed by atoms with E-state index in [1.54, 1.807) is 7.11 Å². The van der Waals surface area contributed by atoms with Gasteiger partial charge in [0.1, 0.15) is 5.75 Å². The number of benzene rings is 3. The van der Waals surface area contributed by atoms with Crippen LogP contribution in [0.5, 0.6) is 5.75 Å². The minimum absolute atomic E-state index is 0.111. The molecule has 1 aromatic heterocycles. The highest BCUT2D eigenvalue weighted by Gasteiger charge is 2.11. The molecule has 0 spiro atoms. The Labute approximate surface area is 169 Å². The number of carbonyl (C=O) groups is 1. The predicted octanol–water partition coefficient (Wildman–Crippen LogP) is 4.73. The maximum absolute atomic E-state index is 12.4. The molecule has 1 N–H and O–H groups in total. The van der Waals surface area contributed by atoms with Gasteiger partial charge in [-0.2, -0.15) is 5.10 Å². The minimum Gasteiger partial charge on any atom is -0.497 e. The molecule has 0 fully saturated rings. The number of para-hydroxylation sites is 2. The number of amides is 1. The lowest BCUT2D eigenvalue weighted by Gasteiger charge is -2.07. The van der Waals surface area contributed by atoms with Crippen molar-refractivity contribution in [3.63, 3.8) is 0 Å². The normalized spacial score (nSPS) is 11.7. The molecule has 1 heterocycles. The maximum atomic E-state index is 12.4. The van der Waals surface area contributed by atoms with Gasteiger partial charge in [0.15, 0.2) is 0 Å². The molecule has 0 radical (unpaired) electrons. The first-order valence-electron chi connectivity index (χ1n) is 9.61. The van der Waals surface area contributed by atoms with Gasteiger partial charge in [-0.1, -0.05) is 36.4 Å². The van der Waals surface area contributed by atoms with Crippen molar-refractivity contribution in [2.24, 2.45) is 5.10 Å². The van der Waals surface area contributed by atoms with E-state index in [2.05, 4.69) is 39.4 Å². The molecule has 0 unspecified atom stereocenters. The number of aryl methyl sites for hydroxylation is 1. The molecule has 4 rings (SSSR count). The third kappa shape index (κ3) is 3.85. The summed E-state index contributed by atoms with van der Waals surface area (Å²) in [5.41, 5.74) is 6.64. The lowest BCUT2D eigenvalue weighted by atomic mass is 10.1. The molecule has 146 valence electrons. The number of nitrogens with zero attached hydrogens (tertiary/aromatic N) is 2. The molecule has 0 saturated heterocycles. The van der Waals surface area contributed by atoms with Crippen molar-refractivity contribution < 1.29 is 9.53 Å². The van der Waals surface area contributed by atoms with E-state index in [-0.39, 0.29) is 5.91 Å². The number of carbonyl (C=O) groups excluding carboxylic acids is 1. The first kappa shape index (κ1) is 18.7. The summed E-state index contributed by atoms with van der Waals surface area (Å²) in [4.78, 5) is 12.4. The maximum Gasteiger partial charge on any atom is 0.241 e. The first-order chi connectivity index (χ1) is 14.2. The number of methoxy groups -OCH3 is 1. The SMILES string of the molecule is COc1ccc(/C(C)=N\NC(=O)CCn2c3ccccc3c3ccccc32)cc1. The fourth-order valence-electron chi connectivity index (χ4n) is 3.56. The first-order valence-corrected chi connectivity index (χ1v) is 9.61. The summed E-state index contributed by atoms with van der Waals surface area (Å²) in [6.45, 7) is 2.46. The van der Waals surface area contributed by atoms with Crippen LogP contribution >= 0.6 is 0 Å². The van der Waals surface area contributed by atoms with Gasteiger partial charge in [0.25, 0.3) is 0 Å². The molecular formula is C24H23N3O2. The van der Waals surface area contributed by atoms with E-state index in [4.69, 9.17) is 4.74 Å². The van der Waals surface area contributed by atoms with Gasteiger partial charge in [-0.05, 0) is 48.9 Å². The number of rotatable bonds is 6. The molecule has 3 aromatic carbocycles. The second-order valence-corrected chi connectivity index (χ2v) is 6.90. The highest BCUT2D eigenvalue weighted by Crippen LogP contribution is 2.28. The number of ether oxygens (including phenoxy) is 1. The molecule has 29 heavy (non-hydrogen) atoms. The number of hydrazone groups is 1. The molecule has 0 aliphatic rings. The van der Waals surface area contributed by atoms with Gasteiger partial charge in [0.2, 0.25) is 5.91 Å². The van der Waals surface area contributed by atoms with Crippen molar-refractivity contribution in [3.05, 3.63) is 78.4 Å². The van der Waals surface area contributed by atoms with E-state index < -0.39 is 0 Å². The Balaban J connectivity index is 1.47. The summed E-state index contributed by atoms with van der Waals surface area (Å²) in [5, 5.41) is 6.65. The van der Waals surface area contributed by atoms with E-state index >= 15 is 0 Å². The van der Waals surface area contributed by atoms with Crippen LogP contribution in [0.2, 0.25) is 0 Å². The molecule has 5 nitrogen and oxygen atoms in total. The summed E-state index contributed by atoms with van der Waals surface area (Å²) >= 11 is 0. The second kappa shape index (κ2) is 8.19. The van der Waals surface area contributed by atoms with Gasteiger partial charge >= 0.3 is 0 Å². The van der Waals surface area contributed by atoms with E-state index in [9.17, 15) is 4.79 Å². The van der Waals surface area contributed by atoms with E-state index in [1.165, 1.54) is 10.8 Å². The molecule has 0 atom stereocenters. The molecule has 4 aromatic rings. The summed E-state index contributed by atoms with van der Waals surface area (Å²) in [5.74, 6) is 0.677. The van der Waals surface area contributed by atoms with Gasteiger partial charge in [0, 0.05) is 34.8 Å². The summed E-state index contributed by atoms with van der Waals surface area (Å²) in [7, 11) is 1.63. The second-order valence-electron chi connectivity index (χ2n) is 6.90. The number of fused-ring (bicyclic) bond motifs is 3. The van der Waals surface area contributed by atoms with Crippen LogP contribution in [0.25, 0.3) is 21.8 Å². The van der Waals surface area contributed by atoms with E-state index in [1.807, 2.05) is 55.5 Å². The van der Waals surface area contributed by atoms with Gasteiger partial charge in [-0.25, -0.2) is 5.43 Å². The van der Waals surface area contributed by atoms with E-state index in [0.29, 0.717) is 13.0 Å². The number of hydrogen-bond acceptors (Lipinski definition) is 3. The monoisotopic (exact) mass is 385 g/mol. The molecular weight excluding hydrogens is 362 g/mol. The van der Waals surface area contributed by atoms with Gasteiger partial charge in [0.05, 0.1) is 12.8 Å². The Morgan fingerprint density at radius 2 is 1.52 bits per heavy atom. The molecule has 0 bridgehead atoms. The van der Waals surface area contributed by atoms with Crippen LogP contribution in [0.15, 0.2) is 77.9 Å².